The molecule has 6 aromatic rings. The third-order valence-corrected chi connectivity index (χ3v) is 8.96. The fourth-order valence-electron chi connectivity index (χ4n) is 6.35. The van der Waals surface area contributed by atoms with Crippen molar-refractivity contribution in [3.63, 3.8) is 0 Å². The van der Waals surface area contributed by atoms with Gasteiger partial charge in [-0.3, -0.25) is 14.4 Å². The summed E-state index contributed by atoms with van der Waals surface area (Å²) in [5.41, 5.74) is 9.27. The summed E-state index contributed by atoms with van der Waals surface area (Å²) in [4.78, 5) is 58.5. The van der Waals surface area contributed by atoms with Crippen molar-refractivity contribution in [3.05, 3.63) is 156 Å². The number of hydrogen-bond donors (Lipinski definition) is 2. The maximum Gasteiger partial charge on any atom is 0.329 e. The average molecular weight is 696 g/mol. The highest BCUT2D eigenvalue weighted by molar-refractivity contribution is 5.99. The Balaban J connectivity index is 1.27. The van der Waals surface area contributed by atoms with Crippen molar-refractivity contribution in [3.8, 4) is 0 Å². The maximum absolute atomic E-state index is 14.4. The largest absolute Gasteiger partial charge is 0.461 e. The fourth-order valence-corrected chi connectivity index (χ4v) is 6.35. The van der Waals surface area contributed by atoms with Gasteiger partial charge >= 0.3 is 11.9 Å². The van der Waals surface area contributed by atoms with Crippen LogP contribution in [-0.4, -0.2) is 45.8 Å². The third-order valence-electron chi connectivity index (χ3n) is 8.96. The molecule has 0 saturated heterocycles. The van der Waals surface area contributed by atoms with Crippen LogP contribution in [0.15, 0.2) is 133 Å². The Hall–Kier alpha value is -6.22. The topological polar surface area (TPSA) is 132 Å². The molecule has 5 aromatic carbocycles. The maximum atomic E-state index is 14.4. The molecule has 0 fully saturated rings. The van der Waals surface area contributed by atoms with Gasteiger partial charge in [-0.25, -0.2) is 4.79 Å². The zero-order valence-electron chi connectivity index (χ0n) is 28.8. The van der Waals surface area contributed by atoms with E-state index in [1.54, 1.807) is 6.07 Å². The molecule has 52 heavy (non-hydrogen) atoms. The minimum Gasteiger partial charge on any atom is -0.461 e. The number of primary amides is 1. The molecule has 1 aromatic heterocycles. The summed E-state index contributed by atoms with van der Waals surface area (Å²) in [5.74, 6) is -2.14. The summed E-state index contributed by atoms with van der Waals surface area (Å²) in [5, 5.41) is 2.92. The smallest absolute Gasteiger partial charge is 0.329 e. The molecule has 2 amide bonds. The van der Waals surface area contributed by atoms with Crippen molar-refractivity contribution in [1.29, 1.82) is 0 Å². The highest BCUT2D eigenvalue weighted by atomic mass is 16.5. The van der Waals surface area contributed by atoms with Crippen LogP contribution in [0.5, 0.6) is 0 Å². The lowest BCUT2D eigenvalue weighted by Crippen LogP contribution is -2.47. The molecule has 6 rings (SSSR count). The molecule has 9 nitrogen and oxygen atoms in total. The van der Waals surface area contributed by atoms with Crippen LogP contribution in [0.3, 0.4) is 0 Å². The number of H-pyrrole nitrogens is 1. The summed E-state index contributed by atoms with van der Waals surface area (Å²) >= 11 is 0. The average Bonchev–Trinajstić information content (AvgIpc) is 3.60. The molecule has 1 heterocycles. The van der Waals surface area contributed by atoms with Crippen molar-refractivity contribution in [1.82, 2.24) is 9.88 Å². The molecule has 0 saturated carbocycles. The number of aromatic nitrogens is 1. The van der Waals surface area contributed by atoms with Crippen LogP contribution in [-0.2, 0) is 43.4 Å². The van der Waals surface area contributed by atoms with Gasteiger partial charge in [-0.15, -0.1) is 0 Å². The van der Waals surface area contributed by atoms with Gasteiger partial charge in [0.2, 0.25) is 5.91 Å². The number of benzene rings is 5. The summed E-state index contributed by atoms with van der Waals surface area (Å²) in [6.07, 6.45) is -0.469. The molecule has 3 N–H and O–H groups in total. The van der Waals surface area contributed by atoms with Crippen LogP contribution >= 0.6 is 0 Å². The van der Waals surface area contributed by atoms with E-state index in [1.807, 2.05) is 127 Å². The van der Waals surface area contributed by atoms with Crippen LogP contribution in [0.25, 0.3) is 21.7 Å². The van der Waals surface area contributed by atoms with E-state index in [1.165, 1.54) is 4.90 Å². The van der Waals surface area contributed by atoms with Crippen LogP contribution in [0.4, 0.5) is 0 Å². The van der Waals surface area contributed by atoms with Gasteiger partial charge in [0.15, 0.2) is 0 Å². The van der Waals surface area contributed by atoms with Crippen molar-refractivity contribution >= 4 is 45.4 Å². The molecule has 0 aliphatic carbocycles. The quantitative estimate of drug-likeness (QED) is 0.102. The predicted octanol–water partition coefficient (Wildman–Crippen LogP) is 7.28. The van der Waals surface area contributed by atoms with Gasteiger partial charge in [0, 0.05) is 30.3 Å². The number of nitrogens with zero attached hydrogens (tertiary/aromatic N) is 1. The van der Waals surface area contributed by atoms with E-state index >= 15 is 0 Å². The van der Waals surface area contributed by atoms with E-state index < -0.39 is 35.9 Å². The zero-order valence-corrected chi connectivity index (χ0v) is 28.8. The number of ether oxygens (including phenoxy) is 2. The number of carbonyl (C=O) groups is 4. The normalized spacial score (nSPS) is 12.2. The lowest BCUT2D eigenvalue weighted by atomic mass is 10.0. The Morgan fingerprint density at radius 2 is 1.35 bits per heavy atom. The van der Waals surface area contributed by atoms with E-state index in [2.05, 4.69) is 4.98 Å². The van der Waals surface area contributed by atoms with Gasteiger partial charge in [0.05, 0.1) is 6.42 Å². The van der Waals surface area contributed by atoms with E-state index in [0.29, 0.717) is 5.69 Å². The molecule has 9 heteroatoms. The summed E-state index contributed by atoms with van der Waals surface area (Å²) in [7, 11) is 0. The summed E-state index contributed by atoms with van der Waals surface area (Å²) < 4.78 is 11.6. The van der Waals surface area contributed by atoms with Gasteiger partial charge in [-0.2, -0.15) is 0 Å². The number of carbonyl (C=O) groups excluding carboxylic acids is 4. The van der Waals surface area contributed by atoms with Crippen molar-refractivity contribution < 1.29 is 28.7 Å². The summed E-state index contributed by atoms with van der Waals surface area (Å²) in [6.45, 7) is 0.228. The molecule has 264 valence electrons. The molecule has 0 spiro atoms. The Kier molecular flexibility index (Phi) is 11.7. The Morgan fingerprint density at radius 3 is 2.06 bits per heavy atom. The molecular weight excluding hydrogens is 654 g/mol. The Bertz CT molecular complexity index is 2110. The minimum absolute atomic E-state index is 0.0260. The number of aromatic amines is 1. The molecule has 0 bridgehead atoms. The molecule has 0 aliphatic rings. The number of nitrogens with one attached hydrogen (secondary N) is 1. The fraction of sp³-hybridized carbons (Fsp3) is 0.209. The second-order valence-corrected chi connectivity index (χ2v) is 12.9. The first-order valence-corrected chi connectivity index (χ1v) is 17.4. The number of fused-ring (bicyclic) bond motifs is 2. The first-order valence-electron chi connectivity index (χ1n) is 17.4. The third kappa shape index (κ3) is 9.51. The van der Waals surface area contributed by atoms with Crippen molar-refractivity contribution in [2.24, 2.45) is 5.73 Å². The first kappa shape index (κ1) is 35.6. The monoisotopic (exact) mass is 695 g/mol. The van der Waals surface area contributed by atoms with Crippen LogP contribution < -0.4 is 5.73 Å². The summed E-state index contributed by atoms with van der Waals surface area (Å²) in [6, 6.07) is 40.7. The predicted molar refractivity (Wildman–Crippen MR) is 200 cm³/mol. The van der Waals surface area contributed by atoms with Crippen LogP contribution in [0.1, 0.15) is 52.9 Å². The lowest BCUT2D eigenvalue weighted by Gasteiger charge is -2.31. The zero-order chi connectivity index (χ0) is 36.3. The number of para-hydroxylation sites is 1. The molecule has 0 radical (unpaired) electrons. The Labute approximate surface area is 302 Å². The molecular formula is C43H41N3O6. The number of nitrogens with two attached hydrogens (primary N) is 1. The van der Waals surface area contributed by atoms with Crippen molar-refractivity contribution in [2.45, 2.75) is 57.4 Å². The van der Waals surface area contributed by atoms with E-state index in [4.69, 9.17) is 15.2 Å². The Morgan fingerprint density at radius 1 is 0.692 bits per heavy atom. The second kappa shape index (κ2) is 17.1. The van der Waals surface area contributed by atoms with Crippen LogP contribution in [0.2, 0.25) is 0 Å². The SMILES string of the molecule is NC(=O)C[C@H](Cc1ccc2ccccc2c1)OC(=O)[C@H](CCCC(=O)OCc1ccccc1)N(Cc1ccccc1)C(=O)c1cc2ccccc2[nH]1. The van der Waals surface area contributed by atoms with E-state index in [-0.39, 0.29) is 45.3 Å². The van der Waals surface area contributed by atoms with Gasteiger partial charge in [-0.1, -0.05) is 121 Å². The second-order valence-electron chi connectivity index (χ2n) is 12.9. The highest BCUT2D eigenvalue weighted by Crippen LogP contribution is 2.24. The van der Waals surface area contributed by atoms with Gasteiger partial charge in [0.1, 0.15) is 24.4 Å². The number of hydrogen-bond acceptors (Lipinski definition) is 6. The van der Waals surface area contributed by atoms with Gasteiger partial charge < -0.3 is 25.1 Å². The van der Waals surface area contributed by atoms with E-state index in [0.717, 1.165) is 38.4 Å². The highest BCUT2D eigenvalue weighted by Gasteiger charge is 2.34. The van der Waals surface area contributed by atoms with Gasteiger partial charge in [0.25, 0.3) is 5.91 Å². The first-order chi connectivity index (χ1) is 25.3. The number of amides is 2. The van der Waals surface area contributed by atoms with Gasteiger partial charge in [-0.05, 0) is 52.4 Å². The lowest BCUT2D eigenvalue weighted by molar-refractivity contribution is -0.156. The molecule has 0 unspecified atom stereocenters. The molecule has 0 aliphatic heterocycles. The molecule has 2 atom stereocenters. The number of rotatable bonds is 16. The number of esters is 2. The van der Waals surface area contributed by atoms with E-state index in [9.17, 15) is 19.2 Å². The van der Waals surface area contributed by atoms with Crippen LogP contribution in [0, 0.1) is 0 Å². The minimum atomic E-state index is -1.10. The van der Waals surface area contributed by atoms with Crippen molar-refractivity contribution in [2.75, 3.05) is 0 Å². The standard InChI is InChI=1S/C43H41N3O6/c44-40(47)27-36(25-32-22-23-33-16-7-8-17-34(33)24-32)52-43(50)39(20-11-21-41(48)51-29-31-14-5-2-6-15-31)46(28-30-12-3-1-4-13-30)42(49)38-26-35-18-9-10-19-37(35)45-38/h1-10,12-19,22-24,26,36,39,45H,11,20-21,25,27-29H2,(H2,44,47)/t36-,39-/m0/s1.